The largest absolute Gasteiger partial charge is 0.490 e. The molecule has 1 heterocycles. The molecular formula is C27H28FNO. The SMILES string of the molecule is C=CCOc1ccc(-c2ccc(-c3ccc(C=CCCC(C)CF)cn3)cc2)cc1. The molecule has 0 N–H and O–H groups in total. The number of aromatic nitrogens is 1. The lowest BCUT2D eigenvalue weighted by Crippen LogP contribution is -1.94. The van der Waals surface area contributed by atoms with E-state index in [0.717, 1.165) is 46.5 Å². The predicted octanol–water partition coefficient (Wildman–Crippen LogP) is 7.38. The monoisotopic (exact) mass is 401 g/mol. The molecule has 1 aromatic heterocycles. The van der Waals surface area contributed by atoms with Gasteiger partial charge in [-0.3, -0.25) is 9.37 Å². The maximum absolute atomic E-state index is 12.5. The second kappa shape index (κ2) is 11.1. The van der Waals surface area contributed by atoms with Crippen molar-refractivity contribution in [3.05, 3.63) is 91.2 Å². The number of benzene rings is 2. The fourth-order valence-electron chi connectivity index (χ4n) is 3.08. The third kappa shape index (κ3) is 6.15. The molecule has 0 aliphatic carbocycles. The zero-order valence-electron chi connectivity index (χ0n) is 17.4. The summed E-state index contributed by atoms with van der Waals surface area (Å²) < 4.78 is 18.0. The Labute approximate surface area is 178 Å². The lowest BCUT2D eigenvalue weighted by Gasteiger charge is -2.07. The number of alkyl halides is 1. The van der Waals surface area contributed by atoms with E-state index in [-0.39, 0.29) is 12.6 Å². The van der Waals surface area contributed by atoms with E-state index in [1.165, 1.54) is 0 Å². The Hall–Kier alpha value is -3.20. The first-order valence-corrected chi connectivity index (χ1v) is 10.3. The summed E-state index contributed by atoms with van der Waals surface area (Å²) in [7, 11) is 0. The van der Waals surface area contributed by atoms with Gasteiger partial charge in [-0.1, -0.05) is 74.2 Å². The van der Waals surface area contributed by atoms with Gasteiger partial charge in [-0.15, -0.1) is 0 Å². The van der Waals surface area contributed by atoms with Crippen LogP contribution >= 0.6 is 0 Å². The molecule has 0 amide bonds. The Bertz CT molecular complexity index is 944. The highest BCUT2D eigenvalue weighted by atomic mass is 19.1. The van der Waals surface area contributed by atoms with Crippen molar-refractivity contribution in [1.82, 2.24) is 4.98 Å². The van der Waals surface area contributed by atoms with Gasteiger partial charge in [0.1, 0.15) is 12.4 Å². The topological polar surface area (TPSA) is 22.1 Å². The van der Waals surface area contributed by atoms with Crippen LogP contribution in [0.3, 0.4) is 0 Å². The van der Waals surface area contributed by atoms with Crippen molar-refractivity contribution >= 4 is 6.08 Å². The standard InChI is InChI=1S/C27H28FNO/c1-3-18-30-26-15-13-24(14-16-26)23-9-11-25(12-10-23)27-17-8-22(20-29-27)7-5-4-6-21(2)19-28/h3,5,7-17,20-21H,1,4,6,18-19H2,2H3. The number of nitrogens with zero attached hydrogens (tertiary/aromatic N) is 1. The molecule has 30 heavy (non-hydrogen) atoms. The van der Waals surface area contributed by atoms with E-state index >= 15 is 0 Å². The summed E-state index contributed by atoms with van der Waals surface area (Å²) in [5, 5.41) is 0. The summed E-state index contributed by atoms with van der Waals surface area (Å²) in [6.45, 7) is 5.85. The van der Waals surface area contributed by atoms with Crippen LogP contribution in [0, 0.1) is 5.92 Å². The molecule has 0 aliphatic heterocycles. The molecule has 3 rings (SSSR count). The van der Waals surface area contributed by atoms with Gasteiger partial charge in [-0.25, -0.2) is 0 Å². The summed E-state index contributed by atoms with van der Waals surface area (Å²) in [6, 6.07) is 20.5. The number of ether oxygens (including phenoxy) is 1. The molecule has 0 saturated heterocycles. The van der Waals surface area contributed by atoms with Crippen LogP contribution in [0.1, 0.15) is 25.3 Å². The van der Waals surface area contributed by atoms with Crippen LogP contribution in [0.25, 0.3) is 28.5 Å². The predicted molar refractivity (Wildman–Crippen MR) is 124 cm³/mol. The number of allylic oxidation sites excluding steroid dienone is 1. The van der Waals surface area contributed by atoms with Crippen molar-refractivity contribution in [3.8, 4) is 28.1 Å². The van der Waals surface area contributed by atoms with Crippen LogP contribution in [0.2, 0.25) is 0 Å². The summed E-state index contributed by atoms with van der Waals surface area (Å²) in [4.78, 5) is 4.59. The summed E-state index contributed by atoms with van der Waals surface area (Å²) >= 11 is 0. The number of hydrogen-bond donors (Lipinski definition) is 0. The molecule has 2 aromatic carbocycles. The quantitative estimate of drug-likeness (QED) is 0.331. The minimum absolute atomic E-state index is 0.127. The molecule has 0 spiro atoms. The lowest BCUT2D eigenvalue weighted by molar-refractivity contribution is 0.363. The van der Waals surface area contributed by atoms with Crippen LogP contribution in [0.4, 0.5) is 4.39 Å². The number of rotatable bonds is 10. The number of hydrogen-bond acceptors (Lipinski definition) is 2. The maximum atomic E-state index is 12.5. The lowest BCUT2D eigenvalue weighted by atomic mass is 10.0. The molecule has 0 radical (unpaired) electrons. The smallest absolute Gasteiger partial charge is 0.119 e. The van der Waals surface area contributed by atoms with Gasteiger partial charge in [0.05, 0.1) is 12.4 Å². The van der Waals surface area contributed by atoms with Crippen molar-refractivity contribution in [3.63, 3.8) is 0 Å². The van der Waals surface area contributed by atoms with Crippen molar-refractivity contribution in [2.75, 3.05) is 13.3 Å². The highest BCUT2D eigenvalue weighted by molar-refractivity contribution is 5.69. The molecule has 0 aliphatic rings. The van der Waals surface area contributed by atoms with Crippen molar-refractivity contribution in [1.29, 1.82) is 0 Å². The van der Waals surface area contributed by atoms with E-state index in [9.17, 15) is 4.39 Å². The number of pyridine rings is 1. The zero-order valence-corrected chi connectivity index (χ0v) is 17.4. The van der Waals surface area contributed by atoms with Gasteiger partial charge < -0.3 is 4.74 Å². The highest BCUT2D eigenvalue weighted by Crippen LogP contribution is 2.26. The second-order valence-corrected chi connectivity index (χ2v) is 7.42. The van der Waals surface area contributed by atoms with Gasteiger partial charge in [0.15, 0.2) is 0 Å². The molecule has 0 saturated carbocycles. The van der Waals surface area contributed by atoms with Crippen LogP contribution in [0.15, 0.2) is 85.6 Å². The van der Waals surface area contributed by atoms with Crippen LogP contribution < -0.4 is 4.74 Å². The Kier molecular flexibility index (Phi) is 7.96. The van der Waals surface area contributed by atoms with Crippen molar-refractivity contribution < 1.29 is 9.13 Å². The fourth-order valence-corrected chi connectivity index (χ4v) is 3.08. The molecule has 2 nitrogen and oxygen atoms in total. The first-order chi connectivity index (χ1) is 14.7. The molecule has 154 valence electrons. The first-order valence-electron chi connectivity index (χ1n) is 10.3. The third-order valence-electron chi connectivity index (χ3n) is 4.92. The van der Waals surface area contributed by atoms with E-state index in [2.05, 4.69) is 60.1 Å². The first kappa shape index (κ1) is 21.5. The summed E-state index contributed by atoms with van der Waals surface area (Å²) in [5.41, 5.74) is 5.37. The van der Waals surface area contributed by atoms with Crippen LogP contribution in [-0.4, -0.2) is 18.3 Å². The molecule has 1 atom stereocenters. The summed E-state index contributed by atoms with van der Waals surface area (Å²) in [6.07, 6.45) is 9.50. The molecule has 3 aromatic rings. The maximum Gasteiger partial charge on any atom is 0.119 e. The average molecular weight is 402 g/mol. The molecule has 3 heteroatoms. The van der Waals surface area contributed by atoms with Crippen LogP contribution in [0.5, 0.6) is 5.75 Å². The Morgan fingerprint density at radius 3 is 2.23 bits per heavy atom. The van der Waals surface area contributed by atoms with Crippen molar-refractivity contribution in [2.45, 2.75) is 19.8 Å². The zero-order chi connectivity index (χ0) is 21.2. The Balaban J connectivity index is 1.61. The van der Waals surface area contributed by atoms with Gasteiger partial charge in [0.25, 0.3) is 0 Å². The van der Waals surface area contributed by atoms with Gasteiger partial charge in [0, 0.05) is 11.8 Å². The second-order valence-electron chi connectivity index (χ2n) is 7.42. The van der Waals surface area contributed by atoms with E-state index in [0.29, 0.717) is 6.61 Å². The van der Waals surface area contributed by atoms with E-state index in [4.69, 9.17) is 4.74 Å². The van der Waals surface area contributed by atoms with Crippen molar-refractivity contribution in [2.24, 2.45) is 5.92 Å². The fraction of sp³-hybridized carbons (Fsp3) is 0.222. The minimum Gasteiger partial charge on any atom is -0.490 e. The van der Waals surface area contributed by atoms with E-state index in [1.807, 2.05) is 37.4 Å². The third-order valence-corrected chi connectivity index (χ3v) is 4.92. The molecular weight excluding hydrogens is 373 g/mol. The average Bonchev–Trinajstić information content (AvgIpc) is 2.81. The van der Waals surface area contributed by atoms with E-state index < -0.39 is 0 Å². The van der Waals surface area contributed by atoms with Gasteiger partial charge >= 0.3 is 0 Å². The molecule has 0 bridgehead atoms. The molecule has 0 fully saturated rings. The minimum atomic E-state index is -0.252. The molecule has 1 unspecified atom stereocenters. The Morgan fingerprint density at radius 1 is 0.967 bits per heavy atom. The normalized spacial score (nSPS) is 12.1. The summed E-state index contributed by atoms with van der Waals surface area (Å²) in [5.74, 6) is 0.965. The van der Waals surface area contributed by atoms with Gasteiger partial charge in [-0.05, 0) is 53.6 Å². The van der Waals surface area contributed by atoms with E-state index in [1.54, 1.807) is 6.08 Å². The highest BCUT2D eigenvalue weighted by Gasteiger charge is 2.03. The Morgan fingerprint density at radius 2 is 1.63 bits per heavy atom. The van der Waals surface area contributed by atoms with Crippen LogP contribution in [-0.2, 0) is 0 Å². The van der Waals surface area contributed by atoms with Gasteiger partial charge in [0.2, 0.25) is 0 Å². The number of halogens is 1. The van der Waals surface area contributed by atoms with Gasteiger partial charge in [-0.2, -0.15) is 0 Å².